The average Bonchev–Trinajstić information content (AvgIpc) is 3.20. The second kappa shape index (κ2) is 13.6. The molecule has 0 bridgehead atoms. The Kier molecular flexibility index (Phi) is 10.8. The zero-order valence-electron chi connectivity index (χ0n) is 24.2. The molecule has 0 aliphatic heterocycles. The highest BCUT2D eigenvalue weighted by molar-refractivity contribution is 7.84. The van der Waals surface area contributed by atoms with Gasteiger partial charge in [0.15, 0.2) is 0 Å². The van der Waals surface area contributed by atoms with Crippen molar-refractivity contribution in [3.63, 3.8) is 0 Å². The summed E-state index contributed by atoms with van der Waals surface area (Å²) in [5, 5.41) is 21.0. The molecule has 0 radical (unpaired) electrons. The van der Waals surface area contributed by atoms with Crippen LogP contribution in [0.15, 0.2) is 18.2 Å². The smallest absolute Gasteiger partial charge is 0.453 e. The number of rotatable bonds is 14. The Morgan fingerprint density at radius 3 is 2.29 bits per heavy atom. The lowest BCUT2D eigenvalue weighted by Crippen LogP contribution is -2.47. The van der Waals surface area contributed by atoms with Crippen molar-refractivity contribution >= 4 is 10.8 Å². The Balaban J connectivity index is 1.15. The van der Waals surface area contributed by atoms with Crippen molar-refractivity contribution in [2.45, 2.75) is 127 Å². The number of aliphatic hydroxyl groups is 1. The lowest BCUT2D eigenvalue weighted by Gasteiger charge is -2.53. The predicted octanol–water partition coefficient (Wildman–Crippen LogP) is 8.68. The van der Waals surface area contributed by atoms with Crippen LogP contribution < -0.4 is 0 Å². The van der Waals surface area contributed by atoms with Gasteiger partial charge in [0, 0.05) is 28.7 Å². The SMILES string of the molecule is C[C@]12CC[C@H]3c4ccc(O)cc4C[C@@H](CCCCCCCCC[S@@](=O)CCCC(F)(F)C(F)(F)F)[C@@H]3[C@@H]1CC[C@@H]2O. The number of alkyl halides is 5. The van der Waals surface area contributed by atoms with Gasteiger partial charge in [-0.1, -0.05) is 51.5 Å². The van der Waals surface area contributed by atoms with E-state index in [-0.39, 0.29) is 17.3 Å². The molecule has 2 saturated carbocycles. The van der Waals surface area contributed by atoms with Crippen molar-refractivity contribution in [3.8, 4) is 5.75 Å². The molecular formula is C32H47F5O3S. The normalized spacial score (nSPS) is 30.5. The number of phenols is 1. The van der Waals surface area contributed by atoms with Gasteiger partial charge in [-0.05, 0) is 104 Å². The quantitative estimate of drug-likeness (QED) is 0.165. The number of aliphatic hydroxyl groups excluding tert-OH is 1. The molecule has 3 aliphatic carbocycles. The van der Waals surface area contributed by atoms with Crippen LogP contribution >= 0.6 is 0 Å². The van der Waals surface area contributed by atoms with Gasteiger partial charge in [-0.2, -0.15) is 22.0 Å². The third-order valence-electron chi connectivity index (χ3n) is 10.6. The van der Waals surface area contributed by atoms with Crippen LogP contribution in [0.3, 0.4) is 0 Å². The highest BCUT2D eigenvalue weighted by atomic mass is 32.2. The van der Waals surface area contributed by atoms with E-state index in [0.29, 0.717) is 41.6 Å². The minimum atomic E-state index is -5.54. The first-order chi connectivity index (χ1) is 19.3. The van der Waals surface area contributed by atoms with Crippen LogP contribution in [0.25, 0.3) is 0 Å². The van der Waals surface area contributed by atoms with Crippen LogP contribution in [0, 0.1) is 23.2 Å². The van der Waals surface area contributed by atoms with Gasteiger partial charge in [0.1, 0.15) is 5.75 Å². The Bertz CT molecular complexity index is 1030. The van der Waals surface area contributed by atoms with E-state index < -0.39 is 35.7 Å². The summed E-state index contributed by atoms with van der Waals surface area (Å²) >= 11 is 0. The lowest BCUT2D eigenvalue weighted by atomic mass is 9.52. The number of aromatic hydroxyl groups is 1. The van der Waals surface area contributed by atoms with Gasteiger partial charge in [0.2, 0.25) is 0 Å². The average molecular weight is 607 g/mol. The summed E-state index contributed by atoms with van der Waals surface area (Å²) in [5.74, 6) is -1.91. The standard InChI is InChI=1S/C32H47F5O3S/c1-30-17-15-26-25-12-11-24(38)21-23(25)20-22(29(26)27(30)13-14-28(30)39)10-7-5-3-2-4-6-8-18-41(40)19-9-16-31(33,34)32(35,36)37/h11-12,21-22,26-29,38-39H,2-10,13-20H2,1H3/t22-,26+,27+,28+,29+,30+,41-/m1/s1. The molecule has 0 heterocycles. The van der Waals surface area contributed by atoms with Crippen LogP contribution in [0.4, 0.5) is 22.0 Å². The largest absolute Gasteiger partial charge is 0.508 e. The molecule has 41 heavy (non-hydrogen) atoms. The summed E-state index contributed by atoms with van der Waals surface area (Å²) in [4.78, 5) is 0. The minimum Gasteiger partial charge on any atom is -0.508 e. The van der Waals surface area contributed by atoms with Crippen LogP contribution in [0.1, 0.15) is 114 Å². The van der Waals surface area contributed by atoms with Crippen molar-refractivity contribution in [2.24, 2.45) is 23.2 Å². The summed E-state index contributed by atoms with van der Waals surface area (Å²) in [6.07, 6.45) is 5.97. The predicted molar refractivity (Wildman–Crippen MR) is 153 cm³/mol. The fourth-order valence-corrected chi connectivity index (χ4v) is 9.48. The van der Waals surface area contributed by atoms with Crippen molar-refractivity contribution in [2.75, 3.05) is 11.5 Å². The molecule has 4 rings (SSSR count). The van der Waals surface area contributed by atoms with Gasteiger partial charge in [0.05, 0.1) is 6.10 Å². The van der Waals surface area contributed by atoms with Crippen molar-refractivity contribution in [3.05, 3.63) is 29.3 Å². The number of phenolic OH excluding ortho intramolecular Hbond substituents is 1. The van der Waals surface area contributed by atoms with E-state index in [4.69, 9.17) is 0 Å². The number of fused-ring (bicyclic) bond motifs is 5. The molecule has 0 saturated heterocycles. The molecule has 7 atom stereocenters. The molecule has 3 nitrogen and oxygen atoms in total. The summed E-state index contributed by atoms with van der Waals surface area (Å²) in [7, 11) is -1.35. The first-order valence-corrected chi connectivity index (χ1v) is 17.1. The van der Waals surface area contributed by atoms with E-state index >= 15 is 0 Å². The van der Waals surface area contributed by atoms with Gasteiger partial charge in [-0.3, -0.25) is 4.21 Å². The maximum absolute atomic E-state index is 13.0. The zero-order chi connectivity index (χ0) is 29.8. The maximum Gasteiger partial charge on any atom is 0.453 e. The number of unbranched alkanes of at least 4 members (excludes halogenated alkanes) is 6. The molecule has 0 unspecified atom stereocenters. The molecule has 9 heteroatoms. The number of hydrogen-bond donors (Lipinski definition) is 2. The Labute approximate surface area is 244 Å². The molecule has 234 valence electrons. The molecule has 0 aromatic heterocycles. The topological polar surface area (TPSA) is 57.5 Å². The number of benzene rings is 1. The van der Waals surface area contributed by atoms with E-state index in [9.17, 15) is 36.4 Å². The first kappa shape index (κ1) is 32.7. The third kappa shape index (κ3) is 7.66. The van der Waals surface area contributed by atoms with Gasteiger partial charge in [0.25, 0.3) is 0 Å². The highest BCUT2D eigenvalue weighted by Gasteiger charge is 2.57. The van der Waals surface area contributed by atoms with Crippen molar-refractivity contribution in [1.82, 2.24) is 0 Å². The summed E-state index contributed by atoms with van der Waals surface area (Å²) in [5.41, 5.74) is 2.73. The Morgan fingerprint density at radius 2 is 1.59 bits per heavy atom. The van der Waals surface area contributed by atoms with E-state index in [1.807, 2.05) is 12.1 Å². The lowest BCUT2D eigenvalue weighted by molar-refractivity contribution is -0.284. The number of hydrogen-bond acceptors (Lipinski definition) is 3. The van der Waals surface area contributed by atoms with Crippen LogP contribution in [0.5, 0.6) is 5.75 Å². The van der Waals surface area contributed by atoms with Crippen molar-refractivity contribution in [1.29, 1.82) is 0 Å². The highest BCUT2D eigenvalue weighted by Crippen LogP contribution is 2.62. The summed E-state index contributed by atoms with van der Waals surface area (Å²) < 4.78 is 74.5. The second-order valence-corrected chi connectivity index (χ2v) is 14.9. The second-order valence-electron chi connectivity index (χ2n) is 13.2. The fourth-order valence-electron chi connectivity index (χ4n) is 8.28. The molecule has 0 spiro atoms. The zero-order valence-corrected chi connectivity index (χ0v) is 25.1. The third-order valence-corrected chi connectivity index (χ3v) is 12.0. The molecule has 1 aromatic carbocycles. The molecule has 3 aliphatic rings. The van der Waals surface area contributed by atoms with Crippen LogP contribution in [-0.2, 0) is 17.2 Å². The fraction of sp³-hybridized carbons (Fsp3) is 0.812. The van der Waals surface area contributed by atoms with E-state index in [1.54, 1.807) is 0 Å². The van der Waals surface area contributed by atoms with Crippen LogP contribution in [-0.4, -0.2) is 44.1 Å². The van der Waals surface area contributed by atoms with Gasteiger partial charge < -0.3 is 10.2 Å². The Hall–Kier alpha value is -1.22. The van der Waals surface area contributed by atoms with Gasteiger partial charge in [-0.25, -0.2) is 0 Å². The molecule has 2 fully saturated rings. The monoisotopic (exact) mass is 606 g/mol. The van der Waals surface area contributed by atoms with Crippen LogP contribution in [0.2, 0.25) is 0 Å². The summed E-state index contributed by atoms with van der Waals surface area (Å²) in [6.45, 7) is 2.30. The minimum absolute atomic E-state index is 0.0195. The van der Waals surface area contributed by atoms with Gasteiger partial charge >= 0.3 is 12.1 Å². The van der Waals surface area contributed by atoms with E-state index in [0.717, 1.165) is 77.0 Å². The molecule has 1 aromatic rings. The van der Waals surface area contributed by atoms with Crippen molar-refractivity contribution < 1.29 is 36.4 Å². The van der Waals surface area contributed by atoms with E-state index in [2.05, 4.69) is 13.0 Å². The summed E-state index contributed by atoms with van der Waals surface area (Å²) in [6, 6.07) is 5.92. The van der Waals surface area contributed by atoms with E-state index in [1.165, 1.54) is 11.1 Å². The molecule has 2 N–H and O–H groups in total. The molecule has 0 amide bonds. The first-order valence-electron chi connectivity index (χ1n) is 15.6. The Morgan fingerprint density at radius 1 is 0.927 bits per heavy atom. The number of halogens is 5. The maximum atomic E-state index is 13.0. The van der Waals surface area contributed by atoms with Gasteiger partial charge in [-0.15, -0.1) is 0 Å². The molecular weight excluding hydrogens is 559 g/mol.